The quantitative estimate of drug-likeness (QED) is 0.617. The molecule has 1 unspecified atom stereocenters. The number of nitrogens with zero attached hydrogens (tertiary/aromatic N) is 2. The van der Waals surface area contributed by atoms with Crippen LogP contribution in [-0.4, -0.2) is 36.9 Å². The number of benzene rings is 1. The molecule has 1 aromatic carbocycles. The molecule has 1 aliphatic heterocycles. The van der Waals surface area contributed by atoms with Crippen molar-refractivity contribution in [2.24, 2.45) is 16.6 Å². The first-order valence-corrected chi connectivity index (χ1v) is 8.46. The first-order chi connectivity index (χ1) is 11.0. The minimum absolute atomic E-state index is 0.260. The van der Waals surface area contributed by atoms with Gasteiger partial charge in [-0.05, 0) is 42.5 Å². The Labute approximate surface area is 144 Å². The molecule has 1 amide bonds. The average Bonchev–Trinajstić information content (AvgIpc) is 2.46. The largest absolute Gasteiger partial charge is 0.370 e. The fourth-order valence-electron chi connectivity index (χ4n) is 2.93. The number of likely N-dealkylation sites (tertiary alicyclic amines) is 1. The van der Waals surface area contributed by atoms with E-state index in [0.29, 0.717) is 17.4 Å². The summed E-state index contributed by atoms with van der Waals surface area (Å²) < 4.78 is 14.1. The summed E-state index contributed by atoms with van der Waals surface area (Å²) in [6.07, 6.45) is 2.42. The number of amides is 1. The highest BCUT2D eigenvalue weighted by Gasteiger charge is 2.23. The van der Waals surface area contributed by atoms with E-state index >= 15 is 0 Å². The maximum absolute atomic E-state index is 13.4. The first kappa shape index (κ1) is 17.7. The monoisotopic (exact) mass is 384 g/mol. The topological polar surface area (TPSA) is 70.7 Å². The van der Waals surface area contributed by atoms with E-state index < -0.39 is 0 Å². The highest BCUT2D eigenvalue weighted by molar-refractivity contribution is 9.10. The summed E-state index contributed by atoms with van der Waals surface area (Å²) in [4.78, 5) is 17.5. The van der Waals surface area contributed by atoms with E-state index in [-0.39, 0.29) is 17.6 Å². The van der Waals surface area contributed by atoms with E-state index in [1.807, 2.05) is 6.07 Å². The van der Waals surface area contributed by atoms with Crippen LogP contribution in [0.15, 0.2) is 27.7 Å². The fourth-order valence-corrected chi connectivity index (χ4v) is 3.45. The van der Waals surface area contributed by atoms with Crippen molar-refractivity contribution in [3.8, 4) is 0 Å². The molecule has 1 aromatic rings. The maximum Gasteiger partial charge on any atom is 0.217 e. The molecule has 0 bridgehead atoms. The van der Waals surface area contributed by atoms with Crippen molar-refractivity contribution in [2.75, 3.05) is 20.1 Å². The zero-order valence-electron chi connectivity index (χ0n) is 13.2. The van der Waals surface area contributed by atoms with Crippen LogP contribution in [0, 0.1) is 11.7 Å². The molecular formula is C16H22BrFN4O. The number of hydrogen-bond donors (Lipinski definition) is 2. The van der Waals surface area contributed by atoms with Gasteiger partial charge in [0.2, 0.25) is 5.91 Å². The van der Waals surface area contributed by atoms with Crippen LogP contribution in [0.4, 0.5) is 4.39 Å². The Hall–Kier alpha value is -1.63. The van der Waals surface area contributed by atoms with Crippen LogP contribution in [0.2, 0.25) is 0 Å². The van der Waals surface area contributed by atoms with Crippen LogP contribution in [0.3, 0.4) is 0 Å². The summed E-state index contributed by atoms with van der Waals surface area (Å²) >= 11 is 3.29. The third-order valence-corrected chi connectivity index (χ3v) is 4.35. The van der Waals surface area contributed by atoms with Gasteiger partial charge in [0.05, 0.1) is 0 Å². The van der Waals surface area contributed by atoms with Gasteiger partial charge in [-0.15, -0.1) is 0 Å². The van der Waals surface area contributed by atoms with Crippen LogP contribution in [0.25, 0.3) is 0 Å². The smallest absolute Gasteiger partial charge is 0.217 e. The lowest BCUT2D eigenvalue weighted by atomic mass is 9.95. The van der Waals surface area contributed by atoms with Gasteiger partial charge in [-0.2, -0.15) is 0 Å². The molecule has 5 nitrogen and oxygen atoms in total. The molecule has 7 heteroatoms. The van der Waals surface area contributed by atoms with E-state index in [4.69, 9.17) is 5.73 Å². The van der Waals surface area contributed by atoms with Gasteiger partial charge in [0.25, 0.3) is 0 Å². The van der Waals surface area contributed by atoms with Gasteiger partial charge in [-0.3, -0.25) is 9.79 Å². The van der Waals surface area contributed by atoms with Crippen LogP contribution in [0.1, 0.15) is 24.8 Å². The highest BCUT2D eigenvalue weighted by Crippen LogP contribution is 2.20. The van der Waals surface area contributed by atoms with Gasteiger partial charge in [0.1, 0.15) is 5.82 Å². The number of primary amides is 1. The van der Waals surface area contributed by atoms with Crippen molar-refractivity contribution in [2.45, 2.75) is 25.8 Å². The van der Waals surface area contributed by atoms with E-state index in [2.05, 4.69) is 31.1 Å². The van der Waals surface area contributed by atoms with Crippen molar-refractivity contribution >= 4 is 27.8 Å². The zero-order valence-corrected chi connectivity index (χ0v) is 14.8. The Bertz CT molecular complexity index is 573. The summed E-state index contributed by atoms with van der Waals surface area (Å²) in [5.41, 5.74) is 6.13. The molecule has 1 fully saturated rings. The molecule has 1 heterocycles. The zero-order chi connectivity index (χ0) is 16.8. The molecule has 23 heavy (non-hydrogen) atoms. The first-order valence-electron chi connectivity index (χ1n) is 7.67. The van der Waals surface area contributed by atoms with Gasteiger partial charge < -0.3 is 16.0 Å². The standard InChI is InChI=1S/C16H22BrFN4O/c1-20-16(21-9-12-5-13(17)8-14(18)6-12)22-4-2-3-11(10-22)7-15(19)23/h5-6,8,11H,2-4,7,9-10H2,1H3,(H2,19,23)(H,20,21). The second-order valence-corrected chi connectivity index (χ2v) is 6.72. The second kappa shape index (κ2) is 8.29. The number of nitrogens with two attached hydrogens (primary N) is 1. The molecule has 1 saturated heterocycles. The van der Waals surface area contributed by atoms with Crippen LogP contribution >= 0.6 is 15.9 Å². The van der Waals surface area contributed by atoms with Crippen molar-refractivity contribution in [3.05, 3.63) is 34.1 Å². The third kappa shape index (κ3) is 5.49. The molecule has 0 spiro atoms. The van der Waals surface area contributed by atoms with Gasteiger partial charge >= 0.3 is 0 Å². The number of carbonyl (C=O) groups excluding carboxylic acids is 1. The number of piperidine rings is 1. The van der Waals surface area contributed by atoms with Gasteiger partial charge in [-0.25, -0.2) is 4.39 Å². The van der Waals surface area contributed by atoms with Crippen molar-refractivity contribution in [1.29, 1.82) is 0 Å². The summed E-state index contributed by atoms with van der Waals surface area (Å²) in [6.45, 7) is 2.14. The van der Waals surface area contributed by atoms with Crippen molar-refractivity contribution < 1.29 is 9.18 Å². The van der Waals surface area contributed by atoms with E-state index in [1.54, 1.807) is 7.05 Å². The molecule has 0 saturated carbocycles. The fraction of sp³-hybridized carbons (Fsp3) is 0.500. The number of carbonyl (C=O) groups is 1. The van der Waals surface area contributed by atoms with E-state index in [1.165, 1.54) is 12.1 Å². The molecule has 1 aliphatic rings. The summed E-state index contributed by atoms with van der Waals surface area (Å²) in [5, 5.41) is 3.26. The third-order valence-electron chi connectivity index (χ3n) is 3.89. The predicted octanol–water partition coefficient (Wildman–Crippen LogP) is 2.25. The summed E-state index contributed by atoms with van der Waals surface area (Å²) in [6, 6.07) is 4.80. The van der Waals surface area contributed by atoms with E-state index in [9.17, 15) is 9.18 Å². The average molecular weight is 385 g/mol. The lowest BCUT2D eigenvalue weighted by Gasteiger charge is -2.34. The molecule has 0 aromatic heterocycles. The second-order valence-electron chi connectivity index (χ2n) is 5.80. The molecular weight excluding hydrogens is 363 g/mol. The van der Waals surface area contributed by atoms with Gasteiger partial charge in [0.15, 0.2) is 5.96 Å². The summed E-state index contributed by atoms with van der Waals surface area (Å²) in [5.74, 6) is 0.498. The number of halogens is 2. The minimum atomic E-state index is -0.273. The van der Waals surface area contributed by atoms with Gasteiger partial charge in [-0.1, -0.05) is 15.9 Å². The Morgan fingerprint density at radius 2 is 2.30 bits per heavy atom. The Morgan fingerprint density at radius 1 is 1.52 bits per heavy atom. The van der Waals surface area contributed by atoms with Crippen LogP contribution in [0.5, 0.6) is 0 Å². The number of hydrogen-bond acceptors (Lipinski definition) is 2. The molecule has 3 N–H and O–H groups in total. The van der Waals surface area contributed by atoms with Gasteiger partial charge in [0, 0.05) is 37.6 Å². The number of nitrogens with one attached hydrogen (secondary N) is 1. The lowest BCUT2D eigenvalue weighted by molar-refractivity contribution is -0.119. The van der Waals surface area contributed by atoms with E-state index in [0.717, 1.165) is 37.5 Å². The van der Waals surface area contributed by atoms with Crippen molar-refractivity contribution in [1.82, 2.24) is 10.2 Å². The Balaban J connectivity index is 1.95. The molecule has 1 atom stereocenters. The minimum Gasteiger partial charge on any atom is -0.370 e. The maximum atomic E-state index is 13.4. The lowest BCUT2D eigenvalue weighted by Crippen LogP contribution is -2.46. The molecule has 0 aliphatic carbocycles. The van der Waals surface area contributed by atoms with Crippen LogP contribution < -0.4 is 11.1 Å². The summed E-state index contributed by atoms with van der Waals surface area (Å²) in [7, 11) is 1.72. The van der Waals surface area contributed by atoms with Crippen molar-refractivity contribution in [3.63, 3.8) is 0 Å². The molecule has 2 rings (SSSR count). The molecule has 126 valence electrons. The number of rotatable bonds is 4. The van der Waals surface area contributed by atoms with Crippen LogP contribution in [-0.2, 0) is 11.3 Å². The Kier molecular flexibility index (Phi) is 6.38. The Morgan fingerprint density at radius 3 is 2.96 bits per heavy atom. The molecule has 0 radical (unpaired) electrons. The predicted molar refractivity (Wildman–Crippen MR) is 92.4 cm³/mol. The highest BCUT2D eigenvalue weighted by atomic mass is 79.9. The normalized spacial score (nSPS) is 18.8. The number of guanidine groups is 1. The SMILES string of the molecule is CN=C(NCc1cc(F)cc(Br)c1)N1CCCC(CC(N)=O)C1. The number of aliphatic imine (C=N–C) groups is 1.